The molecular formula is C19H18ClN3O5. The summed E-state index contributed by atoms with van der Waals surface area (Å²) in [6.07, 6.45) is -0.835. The van der Waals surface area contributed by atoms with Crippen LogP contribution in [0.25, 0.3) is 0 Å². The number of carbonyl (C=O) groups is 2. The maximum Gasteiger partial charge on any atom is 0.273 e. The first kappa shape index (κ1) is 19.6. The molecule has 1 aliphatic rings. The fourth-order valence-corrected chi connectivity index (χ4v) is 2.98. The van der Waals surface area contributed by atoms with Crippen molar-refractivity contribution in [3.8, 4) is 5.75 Å². The van der Waals surface area contributed by atoms with Crippen LogP contribution in [-0.2, 0) is 9.59 Å². The fourth-order valence-electron chi connectivity index (χ4n) is 2.85. The van der Waals surface area contributed by atoms with Crippen LogP contribution in [0.4, 0.5) is 17.1 Å². The van der Waals surface area contributed by atoms with Gasteiger partial charge in [0.2, 0.25) is 5.91 Å². The second kappa shape index (κ2) is 7.85. The van der Waals surface area contributed by atoms with Crippen LogP contribution in [0.5, 0.6) is 5.75 Å². The van der Waals surface area contributed by atoms with Crippen LogP contribution in [0.15, 0.2) is 42.5 Å². The number of fused-ring (bicyclic) bond motifs is 1. The highest BCUT2D eigenvalue weighted by molar-refractivity contribution is 6.30. The maximum atomic E-state index is 12.9. The van der Waals surface area contributed by atoms with Crippen molar-refractivity contribution in [2.75, 3.05) is 16.8 Å². The predicted molar refractivity (Wildman–Crippen MR) is 105 cm³/mol. The minimum Gasteiger partial charge on any atom is -0.478 e. The molecular weight excluding hydrogens is 386 g/mol. The van der Waals surface area contributed by atoms with Gasteiger partial charge in [-0.25, -0.2) is 0 Å². The van der Waals surface area contributed by atoms with Gasteiger partial charge >= 0.3 is 0 Å². The lowest BCUT2D eigenvalue weighted by molar-refractivity contribution is -0.384. The number of nitrogens with one attached hydrogen (secondary N) is 1. The Kier molecular flexibility index (Phi) is 5.51. The number of nitro groups is 1. The number of ether oxygens (including phenoxy) is 1. The van der Waals surface area contributed by atoms with E-state index in [4.69, 9.17) is 16.3 Å². The Morgan fingerprint density at radius 1 is 1.29 bits per heavy atom. The highest BCUT2D eigenvalue weighted by Crippen LogP contribution is 2.38. The predicted octanol–water partition coefficient (Wildman–Crippen LogP) is 3.64. The summed E-state index contributed by atoms with van der Waals surface area (Å²) < 4.78 is 5.70. The van der Waals surface area contributed by atoms with Crippen LogP contribution in [0.2, 0.25) is 5.02 Å². The van der Waals surface area contributed by atoms with E-state index in [0.29, 0.717) is 16.4 Å². The van der Waals surface area contributed by atoms with Crippen LogP contribution in [0, 0.1) is 16.0 Å². The molecule has 3 rings (SSSR count). The average Bonchev–Trinajstić information content (AvgIpc) is 2.65. The second-order valence-corrected chi connectivity index (χ2v) is 7.11. The van der Waals surface area contributed by atoms with Crippen molar-refractivity contribution in [3.05, 3.63) is 57.6 Å². The highest BCUT2D eigenvalue weighted by Gasteiger charge is 2.38. The quantitative estimate of drug-likeness (QED) is 0.606. The van der Waals surface area contributed by atoms with Crippen molar-refractivity contribution in [3.63, 3.8) is 0 Å². The zero-order valence-corrected chi connectivity index (χ0v) is 16.0. The van der Waals surface area contributed by atoms with Crippen LogP contribution < -0.4 is 15.0 Å². The molecule has 0 radical (unpaired) electrons. The molecule has 1 heterocycles. The topological polar surface area (TPSA) is 102 Å². The Balaban J connectivity index is 1.87. The zero-order valence-electron chi connectivity index (χ0n) is 15.2. The van der Waals surface area contributed by atoms with E-state index in [1.165, 1.54) is 23.1 Å². The number of halogens is 1. The van der Waals surface area contributed by atoms with E-state index in [0.717, 1.165) is 0 Å². The summed E-state index contributed by atoms with van der Waals surface area (Å²) >= 11 is 5.83. The molecule has 9 heteroatoms. The molecule has 0 saturated carbocycles. The van der Waals surface area contributed by atoms with Gasteiger partial charge in [-0.15, -0.1) is 0 Å². The van der Waals surface area contributed by atoms with Gasteiger partial charge < -0.3 is 10.1 Å². The summed E-state index contributed by atoms with van der Waals surface area (Å²) in [7, 11) is 0. The van der Waals surface area contributed by atoms with Gasteiger partial charge in [0, 0.05) is 16.8 Å². The molecule has 0 aliphatic carbocycles. The standard InChI is InChI=1S/C19H18ClN3O5/c1-11(2)18-19(25)22(10-17(24)21-13-5-3-12(20)4-6-13)15-8-7-14(23(26)27)9-16(15)28-18/h3-9,11,18H,10H2,1-2H3,(H,21,24). The molecule has 2 aromatic carbocycles. The number of carbonyl (C=O) groups excluding carboxylic acids is 2. The van der Waals surface area contributed by atoms with Crippen molar-refractivity contribution in [1.82, 2.24) is 0 Å². The number of nitrogens with zero attached hydrogens (tertiary/aromatic N) is 2. The maximum absolute atomic E-state index is 12.9. The highest BCUT2D eigenvalue weighted by atomic mass is 35.5. The Morgan fingerprint density at radius 2 is 1.96 bits per heavy atom. The van der Waals surface area contributed by atoms with E-state index < -0.39 is 16.9 Å². The number of anilines is 2. The molecule has 8 nitrogen and oxygen atoms in total. The molecule has 0 fully saturated rings. The lowest BCUT2D eigenvalue weighted by Crippen LogP contribution is -2.50. The Labute approximate surface area is 166 Å². The molecule has 1 N–H and O–H groups in total. The zero-order chi connectivity index (χ0) is 20.4. The molecule has 0 aromatic heterocycles. The molecule has 1 unspecified atom stereocenters. The van der Waals surface area contributed by atoms with Gasteiger partial charge in [-0.2, -0.15) is 0 Å². The van der Waals surface area contributed by atoms with Crippen LogP contribution in [-0.4, -0.2) is 29.4 Å². The number of rotatable bonds is 5. The third-order valence-corrected chi connectivity index (χ3v) is 4.50. The SMILES string of the molecule is CC(C)C1Oc2cc([N+](=O)[O-])ccc2N(CC(=O)Nc2ccc(Cl)cc2)C1=O. The van der Waals surface area contributed by atoms with Crippen molar-refractivity contribution in [1.29, 1.82) is 0 Å². The van der Waals surface area contributed by atoms with E-state index >= 15 is 0 Å². The molecule has 28 heavy (non-hydrogen) atoms. The summed E-state index contributed by atoms with van der Waals surface area (Å²) in [4.78, 5) is 37.1. The Bertz CT molecular complexity index is 930. The van der Waals surface area contributed by atoms with Crippen molar-refractivity contribution < 1.29 is 19.2 Å². The minimum absolute atomic E-state index is 0.152. The number of amides is 2. The monoisotopic (exact) mass is 403 g/mol. The largest absolute Gasteiger partial charge is 0.478 e. The van der Waals surface area contributed by atoms with Gasteiger partial charge in [-0.1, -0.05) is 25.4 Å². The number of nitro benzene ring substituents is 1. The molecule has 1 atom stereocenters. The van der Waals surface area contributed by atoms with Gasteiger partial charge in [-0.05, 0) is 36.2 Å². The smallest absolute Gasteiger partial charge is 0.273 e. The first-order valence-corrected chi connectivity index (χ1v) is 8.96. The van der Waals surface area contributed by atoms with Gasteiger partial charge in [0.15, 0.2) is 11.9 Å². The molecule has 0 saturated heterocycles. The van der Waals surface area contributed by atoms with Crippen molar-refractivity contribution in [2.24, 2.45) is 5.92 Å². The van der Waals surface area contributed by atoms with E-state index in [2.05, 4.69) is 5.32 Å². The van der Waals surface area contributed by atoms with E-state index in [1.54, 1.807) is 38.1 Å². The van der Waals surface area contributed by atoms with Gasteiger partial charge in [-0.3, -0.25) is 24.6 Å². The lowest BCUT2D eigenvalue weighted by Gasteiger charge is -2.35. The van der Waals surface area contributed by atoms with Gasteiger partial charge in [0.25, 0.3) is 11.6 Å². The minimum atomic E-state index is -0.835. The van der Waals surface area contributed by atoms with E-state index in [-0.39, 0.29) is 29.8 Å². The molecule has 146 valence electrons. The first-order valence-electron chi connectivity index (χ1n) is 8.58. The van der Waals surface area contributed by atoms with Crippen LogP contribution >= 0.6 is 11.6 Å². The summed E-state index contributed by atoms with van der Waals surface area (Å²) in [6, 6.07) is 10.5. The summed E-state index contributed by atoms with van der Waals surface area (Å²) in [5.41, 5.74) is 0.708. The number of hydrogen-bond donors (Lipinski definition) is 1. The van der Waals surface area contributed by atoms with Crippen molar-refractivity contribution >= 4 is 40.5 Å². The number of non-ortho nitro benzene ring substituents is 1. The van der Waals surface area contributed by atoms with Crippen LogP contribution in [0.1, 0.15) is 13.8 Å². The van der Waals surface area contributed by atoms with Gasteiger partial charge in [0.1, 0.15) is 6.54 Å². The normalized spacial score (nSPS) is 15.8. The molecule has 2 amide bonds. The van der Waals surface area contributed by atoms with E-state index in [1.807, 2.05) is 0 Å². The summed E-state index contributed by atoms with van der Waals surface area (Å²) in [6.45, 7) is 3.35. The van der Waals surface area contributed by atoms with E-state index in [9.17, 15) is 19.7 Å². The van der Waals surface area contributed by atoms with Gasteiger partial charge in [0.05, 0.1) is 16.7 Å². The summed E-state index contributed by atoms with van der Waals surface area (Å²) in [5, 5.41) is 14.3. The number of hydrogen-bond acceptors (Lipinski definition) is 5. The number of benzene rings is 2. The molecule has 2 aromatic rings. The van der Waals surface area contributed by atoms with Crippen molar-refractivity contribution in [2.45, 2.75) is 20.0 Å². The first-order chi connectivity index (χ1) is 13.3. The van der Waals surface area contributed by atoms with Crippen LogP contribution in [0.3, 0.4) is 0 Å². The third-order valence-electron chi connectivity index (χ3n) is 4.24. The molecule has 0 bridgehead atoms. The third kappa shape index (κ3) is 4.07. The second-order valence-electron chi connectivity index (χ2n) is 6.67. The molecule has 0 spiro atoms. The molecule has 1 aliphatic heterocycles. The Hall–Kier alpha value is -3.13. The average molecular weight is 404 g/mol. The summed E-state index contributed by atoms with van der Waals surface area (Å²) in [5.74, 6) is -0.763. The lowest BCUT2D eigenvalue weighted by atomic mass is 10.0. The fraction of sp³-hybridized carbons (Fsp3) is 0.263. The Morgan fingerprint density at radius 3 is 2.57 bits per heavy atom.